The van der Waals surface area contributed by atoms with Crippen molar-refractivity contribution < 1.29 is 9.59 Å². The molecule has 0 atom stereocenters. The van der Waals surface area contributed by atoms with Gasteiger partial charge in [0, 0.05) is 32.0 Å². The molecule has 0 saturated heterocycles. The van der Waals surface area contributed by atoms with E-state index in [9.17, 15) is 9.59 Å². The molecular formula is C18H29N5O2S. The molecule has 0 fully saturated rings. The van der Waals surface area contributed by atoms with E-state index in [1.54, 1.807) is 13.2 Å². The number of aliphatic imine (C=N–C) groups is 1. The van der Waals surface area contributed by atoms with Crippen molar-refractivity contribution in [3.8, 4) is 0 Å². The van der Waals surface area contributed by atoms with Gasteiger partial charge in [-0.1, -0.05) is 49.6 Å². The summed E-state index contributed by atoms with van der Waals surface area (Å²) in [5, 5.41) is 2.74. The average molecular weight is 380 g/mol. The van der Waals surface area contributed by atoms with Gasteiger partial charge in [-0.25, -0.2) is 0 Å². The van der Waals surface area contributed by atoms with Gasteiger partial charge in [-0.05, 0) is 25.1 Å². The fourth-order valence-corrected chi connectivity index (χ4v) is 1.72. The minimum absolute atomic E-state index is 0.123. The van der Waals surface area contributed by atoms with E-state index in [4.69, 9.17) is 11.5 Å². The minimum Gasteiger partial charge on any atom is -0.405 e. The lowest BCUT2D eigenvalue weighted by Crippen LogP contribution is -2.24. The SMILES string of the molecule is CC/C(C)=C/N.CN=C(N)c1ccc(CNC(=O)CCC(=O)NS)cc1. The molecule has 6 N–H and O–H groups in total. The summed E-state index contributed by atoms with van der Waals surface area (Å²) in [4.78, 5) is 26.3. The number of hydrogen-bond acceptors (Lipinski definition) is 5. The first-order chi connectivity index (χ1) is 12.4. The number of hydrogen-bond donors (Lipinski definition) is 5. The Hall–Kier alpha value is -2.48. The number of nitrogens with one attached hydrogen (secondary N) is 2. The summed E-state index contributed by atoms with van der Waals surface area (Å²) in [5.41, 5.74) is 13.8. The van der Waals surface area contributed by atoms with Crippen LogP contribution in [0.1, 0.15) is 44.2 Å². The summed E-state index contributed by atoms with van der Waals surface area (Å²) in [6, 6.07) is 7.43. The van der Waals surface area contributed by atoms with Gasteiger partial charge in [0.15, 0.2) is 0 Å². The number of thiol groups is 1. The van der Waals surface area contributed by atoms with E-state index >= 15 is 0 Å². The largest absolute Gasteiger partial charge is 0.405 e. The van der Waals surface area contributed by atoms with Gasteiger partial charge in [0.05, 0.1) is 0 Å². The molecule has 0 radical (unpaired) electrons. The monoisotopic (exact) mass is 379 g/mol. The second-order valence-electron chi connectivity index (χ2n) is 5.48. The molecule has 8 heteroatoms. The lowest BCUT2D eigenvalue weighted by Gasteiger charge is -2.06. The van der Waals surface area contributed by atoms with Crippen molar-refractivity contribution in [3.05, 3.63) is 47.2 Å². The molecule has 26 heavy (non-hydrogen) atoms. The molecule has 1 aromatic rings. The van der Waals surface area contributed by atoms with Crippen LogP contribution < -0.4 is 21.5 Å². The third-order valence-corrected chi connectivity index (χ3v) is 3.78. The maximum absolute atomic E-state index is 11.5. The van der Waals surface area contributed by atoms with Crippen molar-refractivity contribution in [3.63, 3.8) is 0 Å². The van der Waals surface area contributed by atoms with Crippen molar-refractivity contribution >= 4 is 30.5 Å². The number of carbonyl (C=O) groups excluding carboxylic acids is 2. The molecule has 0 aliphatic carbocycles. The van der Waals surface area contributed by atoms with E-state index in [2.05, 4.69) is 34.8 Å². The smallest absolute Gasteiger partial charge is 0.230 e. The molecule has 1 rings (SSSR count). The van der Waals surface area contributed by atoms with E-state index < -0.39 is 0 Å². The van der Waals surface area contributed by atoms with E-state index in [0.717, 1.165) is 17.5 Å². The van der Waals surface area contributed by atoms with Crippen molar-refractivity contribution in [1.29, 1.82) is 0 Å². The summed E-state index contributed by atoms with van der Waals surface area (Å²) in [5.74, 6) is 0.0150. The molecule has 7 nitrogen and oxygen atoms in total. The number of nitrogens with two attached hydrogens (primary N) is 2. The Labute approximate surface area is 160 Å². The van der Waals surface area contributed by atoms with Crippen LogP contribution in [0.25, 0.3) is 0 Å². The van der Waals surface area contributed by atoms with Crippen molar-refractivity contribution in [2.24, 2.45) is 16.5 Å². The summed E-state index contributed by atoms with van der Waals surface area (Å²) < 4.78 is 2.17. The molecule has 144 valence electrons. The average Bonchev–Trinajstić information content (AvgIpc) is 2.69. The van der Waals surface area contributed by atoms with E-state index in [1.165, 1.54) is 5.57 Å². The summed E-state index contributed by atoms with van der Waals surface area (Å²) in [7, 11) is 1.63. The highest BCUT2D eigenvalue weighted by molar-refractivity contribution is 7.78. The maximum atomic E-state index is 11.5. The lowest BCUT2D eigenvalue weighted by atomic mass is 10.1. The second-order valence-corrected chi connectivity index (χ2v) is 5.71. The van der Waals surface area contributed by atoms with Crippen LogP contribution >= 0.6 is 12.8 Å². The van der Waals surface area contributed by atoms with Gasteiger partial charge < -0.3 is 21.5 Å². The molecular weight excluding hydrogens is 350 g/mol. The molecule has 0 aliphatic rings. The standard InChI is InChI=1S/C13H18N4O2S.C5H11N/c1-15-13(14)10-4-2-9(3-5-10)8-16-11(18)6-7-12(19)17-20;1-3-5(2)4-6/h2-5,20H,6-8H2,1H3,(H2,14,15)(H,16,18)(H,17,19);4H,3,6H2,1-2H3/b;5-4+. The summed E-state index contributed by atoms with van der Waals surface area (Å²) >= 11 is 3.61. The van der Waals surface area contributed by atoms with Crippen LogP contribution in [0.5, 0.6) is 0 Å². The number of amidine groups is 1. The van der Waals surface area contributed by atoms with Gasteiger partial charge in [0.2, 0.25) is 11.8 Å². The van der Waals surface area contributed by atoms with E-state index in [-0.39, 0.29) is 24.7 Å². The molecule has 0 spiro atoms. The molecule has 0 heterocycles. The Bertz CT molecular complexity index is 627. The quantitative estimate of drug-likeness (QED) is 0.281. The van der Waals surface area contributed by atoms with Gasteiger partial charge in [-0.2, -0.15) is 0 Å². The summed E-state index contributed by atoms with van der Waals surface area (Å²) in [6.07, 6.45) is 2.97. The first kappa shape index (κ1) is 23.5. The second kappa shape index (κ2) is 13.8. The molecule has 2 amide bonds. The first-order valence-electron chi connectivity index (χ1n) is 8.26. The topological polar surface area (TPSA) is 123 Å². The highest BCUT2D eigenvalue weighted by Crippen LogP contribution is 2.04. The molecule has 0 aromatic heterocycles. The van der Waals surface area contributed by atoms with E-state index in [0.29, 0.717) is 12.4 Å². The van der Waals surface area contributed by atoms with Crippen molar-refractivity contribution in [1.82, 2.24) is 10.0 Å². The normalized spacial score (nSPS) is 11.2. The number of benzene rings is 1. The van der Waals surface area contributed by atoms with Crippen LogP contribution in [-0.2, 0) is 16.1 Å². The summed E-state index contributed by atoms with van der Waals surface area (Å²) in [6.45, 7) is 4.50. The van der Waals surface area contributed by atoms with Crippen LogP contribution in [-0.4, -0.2) is 24.7 Å². The van der Waals surface area contributed by atoms with Gasteiger partial charge in [-0.15, -0.1) is 0 Å². The molecule has 0 saturated carbocycles. The van der Waals surface area contributed by atoms with Crippen LogP contribution in [0.3, 0.4) is 0 Å². The Balaban J connectivity index is 0.000000896. The van der Waals surface area contributed by atoms with Crippen molar-refractivity contribution in [2.75, 3.05) is 7.05 Å². The molecule has 1 aromatic carbocycles. The number of nitrogens with zero attached hydrogens (tertiary/aromatic N) is 1. The predicted octanol–water partition coefficient (Wildman–Crippen LogP) is 1.64. The van der Waals surface area contributed by atoms with Crippen LogP contribution in [0.15, 0.2) is 41.0 Å². The van der Waals surface area contributed by atoms with Gasteiger partial charge in [0.1, 0.15) is 5.84 Å². The van der Waals surface area contributed by atoms with E-state index in [1.807, 2.05) is 31.2 Å². The predicted molar refractivity (Wildman–Crippen MR) is 110 cm³/mol. The van der Waals surface area contributed by atoms with Crippen LogP contribution in [0.2, 0.25) is 0 Å². The Morgan fingerprint density at radius 2 is 1.77 bits per heavy atom. The zero-order valence-corrected chi connectivity index (χ0v) is 16.5. The third kappa shape index (κ3) is 10.4. The van der Waals surface area contributed by atoms with Gasteiger partial charge in [0.25, 0.3) is 0 Å². The highest BCUT2D eigenvalue weighted by atomic mass is 32.1. The maximum Gasteiger partial charge on any atom is 0.230 e. The number of rotatable bonds is 7. The first-order valence-corrected chi connectivity index (χ1v) is 8.71. The zero-order chi connectivity index (χ0) is 19.9. The minimum atomic E-state index is -0.276. The molecule has 0 unspecified atom stereocenters. The fraction of sp³-hybridized carbons (Fsp3) is 0.389. The van der Waals surface area contributed by atoms with Crippen molar-refractivity contribution in [2.45, 2.75) is 39.7 Å². The Morgan fingerprint density at radius 1 is 1.19 bits per heavy atom. The third-order valence-electron chi connectivity index (χ3n) is 3.53. The number of allylic oxidation sites excluding steroid dienone is 1. The number of carbonyl (C=O) groups is 2. The van der Waals surface area contributed by atoms with Gasteiger partial charge in [-0.3, -0.25) is 14.6 Å². The molecule has 0 bridgehead atoms. The fourth-order valence-electron chi connectivity index (χ4n) is 1.61. The molecule has 0 aliphatic heterocycles. The Morgan fingerprint density at radius 3 is 2.19 bits per heavy atom. The number of amides is 2. The Kier molecular flexibility index (Phi) is 12.5. The lowest BCUT2D eigenvalue weighted by molar-refractivity contribution is -0.125. The van der Waals surface area contributed by atoms with Crippen LogP contribution in [0.4, 0.5) is 0 Å². The highest BCUT2D eigenvalue weighted by Gasteiger charge is 2.05. The van der Waals surface area contributed by atoms with Gasteiger partial charge >= 0.3 is 0 Å². The zero-order valence-electron chi connectivity index (χ0n) is 15.6. The van der Waals surface area contributed by atoms with Crippen LogP contribution in [0, 0.1) is 0 Å².